The molecule has 1 heterocycles. The molecule has 1 aliphatic heterocycles. The molecule has 80 valence electrons. The highest BCUT2D eigenvalue weighted by atomic mass is 35.5. The van der Waals surface area contributed by atoms with Gasteiger partial charge in [-0.3, -0.25) is 0 Å². The summed E-state index contributed by atoms with van der Waals surface area (Å²) in [4.78, 5) is 0. The third-order valence-electron chi connectivity index (χ3n) is 2.60. The molecule has 13 heavy (non-hydrogen) atoms. The van der Waals surface area contributed by atoms with Crippen molar-refractivity contribution in [1.29, 1.82) is 0 Å². The third kappa shape index (κ3) is 3.84. The van der Waals surface area contributed by atoms with Gasteiger partial charge in [0, 0.05) is 17.1 Å². The maximum absolute atomic E-state index is 3.66. The Labute approximate surface area is 88.3 Å². The molecule has 0 amide bonds. The van der Waals surface area contributed by atoms with Crippen LogP contribution in [0, 0.1) is 0 Å². The number of halogens is 1. The highest BCUT2D eigenvalue weighted by Crippen LogP contribution is 2.27. The molecule has 0 radical (unpaired) electrons. The molecule has 2 nitrogen and oxygen atoms in total. The summed E-state index contributed by atoms with van der Waals surface area (Å²) in [7, 11) is 2.06. The molecule has 1 fully saturated rings. The Balaban J connectivity index is 0.00000144. The molecule has 0 atom stereocenters. The van der Waals surface area contributed by atoms with E-state index in [2.05, 4.69) is 45.4 Å². The molecule has 1 rings (SSSR count). The summed E-state index contributed by atoms with van der Waals surface area (Å²) in [6, 6.07) is 0.663. The summed E-state index contributed by atoms with van der Waals surface area (Å²) in [6.07, 6.45) is 2.43. The van der Waals surface area contributed by atoms with Crippen molar-refractivity contribution in [3.63, 3.8) is 0 Å². The molecule has 0 bridgehead atoms. The Bertz CT molecular complexity index is 150. The number of rotatable bonds is 1. The highest BCUT2D eigenvalue weighted by Gasteiger charge is 2.36. The zero-order valence-electron chi connectivity index (χ0n) is 9.40. The Hall–Kier alpha value is 0.210. The lowest BCUT2D eigenvalue weighted by Gasteiger charge is -2.46. The zero-order valence-corrected chi connectivity index (χ0v) is 10.2. The molecule has 2 N–H and O–H groups in total. The number of piperidine rings is 1. The number of nitrogens with one attached hydrogen (secondary N) is 2. The normalized spacial score (nSPS) is 26.5. The fourth-order valence-electron chi connectivity index (χ4n) is 2.53. The molecular weight excluding hydrogens is 184 g/mol. The van der Waals surface area contributed by atoms with Gasteiger partial charge in [-0.15, -0.1) is 12.4 Å². The van der Waals surface area contributed by atoms with Gasteiger partial charge in [-0.25, -0.2) is 0 Å². The van der Waals surface area contributed by atoms with Crippen LogP contribution in [0.5, 0.6) is 0 Å². The van der Waals surface area contributed by atoms with Crippen LogP contribution in [0.3, 0.4) is 0 Å². The minimum absolute atomic E-state index is 0. The van der Waals surface area contributed by atoms with E-state index in [4.69, 9.17) is 0 Å². The molecular formula is C10H23ClN2. The van der Waals surface area contributed by atoms with Crippen LogP contribution < -0.4 is 10.6 Å². The van der Waals surface area contributed by atoms with Crippen molar-refractivity contribution in [3.05, 3.63) is 0 Å². The van der Waals surface area contributed by atoms with Gasteiger partial charge in [0.25, 0.3) is 0 Å². The molecule has 3 heteroatoms. The summed E-state index contributed by atoms with van der Waals surface area (Å²) in [6.45, 7) is 9.10. The van der Waals surface area contributed by atoms with Gasteiger partial charge in [0.1, 0.15) is 0 Å². The van der Waals surface area contributed by atoms with Gasteiger partial charge in [0.2, 0.25) is 0 Å². The van der Waals surface area contributed by atoms with E-state index in [0.717, 1.165) is 0 Å². The molecule has 0 aromatic rings. The van der Waals surface area contributed by atoms with E-state index in [-0.39, 0.29) is 23.5 Å². The second kappa shape index (κ2) is 4.16. The van der Waals surface area contributed by atoms with E-state index in [1.165, 1.54) is 12.8 Å². The molecule has 0 unspecified atom stereocenters. The molecule has 0 spiro atoms. The largest absolute Gasteiger partial charge is 0.317 e. The molecule has 1 aliphatic rings. The van der Waals surface area contributed by atoms with Crippen molar-refractivity contribution in [1.82, 2.24) is 10.6 Å². The summed E-state index contributed by atoms with van der Waals surface area (Å²) in [5, 5.41) is 7.03. The van der Waals surface area contributed by atoms with Crippen molar-refractivity contribution in [2.24, 2.45) is 0 Å². The van der Waals surface area contributed by atoms with E-state index < -0.39 is 0 Å². The van der Waals surface area contributed by atoms with Crippen molar-refractivity contribution >= 4 is 12.4 Å². The first-order chi connectivity index (χ1) is 5.35. The fraction of sp³-hybridized carbons (Fsp3) is 1.00. The van der Waals surface area contributed by atoms with Gasteiger partial charge in [-0.1, -0.05) is 0 Å². The molecule has 0 aromatic carbocycles. The predicted octanol–water partition coefficient (Wildman–Crippen LogP) is 1.94. The van der Waals surface area contributed by atoms with E-state index in [0.29, 0.717) is 6.04 Å². The SMILES string of the molecule is CNC1CC(C)(C)NC(C)(C)C1.Cl. The Kier molecular flexibility index (Phi) is 4.23. The second-order valence-corrected chi connectivity index (χ2v) is 5.29. The topological polar surface area (TPSA) is 24.1 Å². The zero-order chi connectivity index (χ0) is 9.41. The lowest BCUT2D eigenvalue weighted by atomic mass is 9.80. The highest BCUT2D eigenvalue weighted by molar-refractivity contribution is 5.85. The second-order valence-electron chi connectivity index (χ2n) is 5.29. The molecule has 0 saturated carbocycles. The van der Waals surface area contributed by atoms with E-state index in [1.54, 1.807) is 0 Å². The van der Waals surface area contributed by atoms with Gasteiger partial charge in [0.15, 0.2) is 0 Å². The molecule has 1 saturated heterocycles. The minimum atomic E-state index is 0. The van der Waals surface area contributed by atoms with Gasteiger partial charge in [-0.2, -0.15) is 0 Å². The van der Waals surface area contributed by atoms with Crippen LogP contribution >= 0.6 is 12.4 Å². The van der Waals surface area contributed by atoms with Crippen LogP contribution in [-0.2, 0) is 0 Å². The molecule has 0 aliphatic carbocycles. The first kappa shape index (κ1) is 13.2. The number of hydrogen-bond donors (Lipinski definition) is 2. The summed E-state index contributed by atoms with van der Waals surface area (Å²) >= 11 is 0. The smallest absolute Gasteiger partial charge is 0.0144 e. The first-order valence-corrected chi connectivity index (χ1v) is 4.81. The minimum Gasteiger partial charge on any atom is -0.317 e. The lowest BCUT2D eigenvalue weighted by molar-refractivity contribution is 0.150. The predicted molar refractivity (Wildman–Crippen MR) is 60.6 cm³/mol. The van der Waals surface area contributed by atoms with Crippen LogP contribution in [-0.4, -0.2) is 24.2 Å². The van der Waals surface area contributed by atoms with E-state index in [1.807, 2.05) is 0 Å². The van der Waals surface area contributed by atoms with Crippen LogP contribution in [0.4, 0.5) is 0 Å². The van der Waals surface area contributed by atoms with Crippen LogP contribution in [0.2, 0.25) is 0 Å². The van der Waals surface area contributed by atoms with Crippen molar-refractivity contribution in [3.8, 4) is 0 Å². The summed E-state index contributed by atoms with van der Waals surface area (Å²) in [5.41, 5.74) is 0.546. The standard InChI is InChI=1S/C10H22N2.ClH/c1-9(2)6-8(11-5)7-10(3,4)12-9;/h8,11-12H,6-7H2,1-5H3;1H. The third-order valence-corrected chi connectivity index (χ3v) is 2.60. The van der Waals surface area contributed by atoms with Gasteiger partial charge in [0.05, 0.1) is 0 Å². The van der Waals surface area contributed by atoms with Gasteiger partial charge < -0.3 is 10.6 Å². The Morgan fingerprint density at radius 2 is 1.46 bits per heavy atom. The summed E-state index contributed by atoms with van der Waals surface area (Å²) in [5.74, 6) is 0. The van der Waals surface area contributed by atoms with Gasteiger partial charge in [-0.05, 0) is 47.6 Å². The number of hydrogen-bond acceptors (Lipinski definition) is 2. The van der Waals surface area contributed by atoms with Crippen molar-refractivity contribution in [2.75, 3.05) is 7.05 Å². The Morgan fingerprint density at radius 3 is 1.77 bits per heavy atom. The van der Waals surface area contributed by atoms with Gasteiger partial charge >= 0.3 is 0 Å². The summed E-state index contributed by atoms with van der Waals surface area (Å²) < 4.78 is 0. The first-order valence-electron chi connectivity index (χ1n) is 4.81. The lowest BCUT2D eigenvalue weighted by Crippen LogP contribution is -2.61. The average molecular weight is 207 g/mol. The fourth-order valence-corrected chi connectivity index (χ4v) is 2.53. The van der Waals surface area contributed by atoms with Crippen molar-refractivity contribution in [2.45, 2.75) is 57.7 Å². The van der Waals surface area contributed by atoms with Crippen LogP contribution in [0.15, 0.2) is 0 Å². The maximum Gasteiger partial charge on any atom is 0.0144 e. The van der Waals surface area contributed by atoms with E-state index >= 15 is 0 Å². The Morgan fingerprint density at radius 1 is 1.08 bits per heavy atom. The monoisotopic (exact) mass is 206 g/mol. The quantitative estimate of drug-likeness (QED) is 0.686. The van der Waals surface area contributed by atoms with Crippen LogP contribution in [0.1, 0.15) is 40.5 Å². The average Bonchev–Trinajstić information content (AvgIpc) is 1.80. The van der Waals surface area contributed by atoms with Crippen LogP contribution in [0.25, 0.3) is 0 Å². The molecule has 0 aromatic heterocycles. The maximum atomic E-state index is 3.66. The van der Waals surface area contributed by atoms with E-state index in [9.17, 15) is 0 Å². The van der Waals surface area contributed by atoms with Crippen molar-refractivity contribution < 1.29 is 0 Å².